The SMILES string of the molecule is c1ccc(N(c2ccccc2)c2ccc(-c3nnc(-c4cccc(-c5c6ccccc6c(-c6cccc(-c7nnc(-c8ccc(N(c9ccccc9)c9ccccc9)cc8)o7)c6)c6ccccc56)c4)o3)cc2)cc1. The zero-order valence-corrected chi connectivity index (χ0v) is 39.9. The molecule has 0 aliphatic carbocycles. The number of rotatable bonds is 12. The minimum atomic E-state index is 0.446. The second-order valence-electron chi connectivity index (χ2n) is 17.9. The summed E-state index contributed by atoms with van der Waals surface area (Å²) in [5.74, 6) is 1.79. The van der Waals surface area contributed by atoms with Gasteiger partial charge in [0, 0.05) is 56.4 Å². The topological polar surface area (TPSA) is 84.3 Å². The van der Waals surface area contributed by atoms with Crippen LogP contribution in [0.5, 0.6) is 0 Å². The van der Waals surface area contributed by atoms with Gasteiger partial charge in [-0.05, 0) is 165 Å². The van der Waals surface area contributed by atoms with Crippen molar-refractivity contribution in [2.45, 2.75) is 0 Å². The summed E-state index contributed by atoms with van der Waals surface area (Å²) in [7, 11) is 0. The Balaban J connectivity index is 0.805. The molecular formula is C66H44N6O2. The quantitative estimate of drug-likeness (QED) is 0.112. The van der Waals surface area contributed by atoms with Crippen LogP contribution in [0.2, 0.25) is 0 Å². The molecule has 0 aliphatic heterocycles. The van der Waals surface area contributed by atoms with Crippen molar-refractivity contribution in [2.24, 2.45) is 0 Å². The molecule has 0 spiro atoms. The normalized spacial score (nSPS) is 11.2. The molecule has 13 rings (SSSR count). The fourth-order valence-electron chi connectivity index (χ4n) is 9.99. The number of hydrogen-bond donors (Lipinski definition) is 0. The summed E-state index contributed by atoms with van der Waals surface area (Å²) in [4.78, 5) is 4.45. The zero-order chi connectivity index (χ0) is 49.2. The van der Waals surface area contributed by atoms with E-state index in [1.54, 1.807) is 0 Å². The van der Waals surface area contributed by atoms with E-state index < -0.39 is 0 Å². The number of anilines is 6. The van der Waals surface area contributed by atoms with Gasteiger partial charge in [0.25, 0.3) is 0 Å². The third-order valence-electron chi connectivity index (χ3n) is 13.4. The van der Waals surface area contributed by atoms with Crippen LogP contribution in [-0.2, 0) is 0 Å². The molecule has 0 unspecified atom stereocenters. The maximum atomic E-state index is 6.43. The largest absolute Gasteiger partial charge is 0.416 e. The van der Waals surface area contributed by atoms with Gasteiger partial charge in [-0.2, -0.15) is 0 Å². The summed E-state index contributed by atoms with van der Waals surface area (Å²) in [6, 6.07) is 91.9. The van der Waals surface area contributed by atoms with E-state index in [0.717, 1.165) is 100 Å². The third-order valence-corrected chi connectivity index (χ3v) is 13.4. The summed E-state index contributed by atoms with van der Waals surface area (Å²) < 4.78 is 12.9. The van der Waals surface area contributed by atoms with Crippen LogP contribution < -0.4 is 9.80 Å². The highest BCUT2D eigenvalue weighted by atomic mass is 16.4. The van der Waals surface area contributed by atoms with Crippen LogP contribution in [-0.4, -0.2) is 20.4 Å². The van der Waals surface area contributed by atoms with Gasteiger partial charge in [-0.1, -0.05) is 146 Å². The first-order valence-corrected chi connectivity index (χ1v) is 24.5. The van der Waals surface area contributed by atoms with Crippen LogP contribution in [0.1, 0.15) is 0 Å². The molecule has 0 aliphatic rings. The molecule has 2 heterocycles. The third kappa shape index (κ3) is 8.32. The van der Waals surface area contributed by atoms with Crippen LogP contribution in [0, 0.1) is 0 Å². The molecule has 0 amide bonds. The molecule has 2 aromatic heterocycles. The average molecular weight is 953 g/mol. The van der Waals surface area contributed by atoms with Gasteiger partial charge in [0.15, 0.2) is 0 Å². The average Bonchev–Trinajstić information content (AvgIpc) is 4.19. The number of benzene rings is 11. The molecule has 13 aromatic rings. The molecule has 0 fully saturated rings. The van der Waals surface area contributed by atoms with E-state index in [0.29, 0.717) is 23.6 Å². The van der Waals surface area contributed by atoms with Gasteiger partial charge in [0.1, 0.15) is 0 Å². The molecule has 0 saturated carbocycles. The lowest BCUT2D eigenvalue weighted by Crippen LogP contribution is -2.09. The summed E-state index contributed by atoms with van der Waals surface area (Å²) in [5.41, 5.74) is 14.0. The molecule has 0 radical (unpaired) electrons. The highest BCUT2D eigenvalue weighted by Gasteiger charge is 2.21. The van der Waals surface area contributed by atoms with Gasteiger partial charge >= 0.3 is 0 Å². The van der Waals surface area contributed by atoms with E-state index in [9.17, 15) is 0 Å². The first-order valence-electron chi connectivity index (χ1n) is 24.5. The summed E-state index contributed by atoms with van der Waals surface area (Å²) in [5, 5.41) is 22.7. The first kappa shape index (κ1) is 43.8. The number of hydrogen-bond acceptors (Lipinski definition) is 8. The van der Waals surface area contributed by atoms with Crippen molar-refractivity contribution in [1.82, 2.24) is 20.4 Å². The van der Waals surface area contributed by atoms with E-state index in [-0.39, 0.29) is 0 Å². The van der Waals surface area contributed by atoms with Crippen LogP contribution >= 0.6 is 0 Å². The van der Waals surface area contributed by atoms with Crippen molar-refractivity contribution in [3.63, 3.8) is 0 Å². The van der Waals surface area contributed by atoms with Crippen molar-refractivity contribution in [3.05, 3.63) is 267 Å². The van der Waals surface area contributed by atoms with E-state index in [1.807, 2.05) is 60.7 Å². The minimum Gasteiger partial charge on any atom is -0.416 e. The van der Waals surface area contributed by atoms with E-state index in [2.05, 4.69) is 236 Å². The number of nitrogens with zero attached hydrogens (tertiary/aromatic N) is 6. The van der Waals surface area contributed by atoms with Gasteiger partial charge in [-0.25, -0.2) is 0 Å². The Morgan fingerprint density at radius 3 is 0.784 bits per heavy atom. The van der Waals surface area contributed by atoms with Gasteiger partial charge in [-0.3, -0.25) is 0 Å². The van der Waals surface area contributed by atoms with Crippen molar-refractivity contribution in [2.75, 3.05) is 9.80 Å². The highest BCUT2D eigenvalue weighted by molar-refractivity contribution is 6.21. The van der Waals surface area contributed by atoms with Crippen molar-refractivity contribution < 1.29 is 8.83 Å². The van der Waals surface area contributed by atoms with E-state index >= 15 is 0 Å². The first-order chi connectivity index (χ1) is 36.7. The monoisotopic (exact) mass is 952 g/mol. The Morgan fingerprint density at radius 1 is 0.216 bits per heavy atom. The predicted octanol–water partition coefficient (Wildman–Crippen LogP) is 17.7. The zero-order valence-electron chi connectivity index (χ0n) is 39.9. The van der Waals surface area contributed by atoms with E-state index in [1.165, 1.54) is 0 Å². The van der Waals surface area contributed by atoms with Crippen molar-refractivity contribution >= 4 is 55.7 Å². The van der Waals surface area contributed by atoms with Crippen molar-refractivity contribution in [1.29, 1.82) is 0 Å². The molecule has 0 atom stereocenters. The molecule has 0 bridgehead atoms. The Kier molecular flexibility index (Phi) is 11.4. The lowest BCUT2D eigenvalue weighted by atomic mass is 9.85. The summed E-state index contributed by atoms with van der Waals surface area (Å²) >= 11 is 0. The van der Waals surface area contributed by atoms with Gasteiger partial charge in [0.05, 0.1) is 0 Å². The smallest absolute Gasteiger partial charge is 0.248 e. The number of para-hydroxylation sites is 4. The molecule has 11 aromatic carbocycles. The van der Waals surface area contributed by atoms with E-state index in [4.69, 9.17) is 8.83 Å². The molecule has 8 nitrogen and oxygen atoms in total. The van der Waals surface area contributed by atoms with Crippen molar-refractivity contribution in [3.8, 4) is 68.1 Å². The Bertz CT molecular complexity index is 3670. The standard InChI is InChI=1S/C66H44N6O2/c1-5-23-51(24-6-1)71(52-25-7-2-8-26-52)55-39-35-45(36-40-55)63-67-69-65(73-63)49-21-17-19-47(43-49)61-57-31-13-15-33-59(57)62(60-34-16-14-32-58(60)61)48-20-18-22-50(44-48)66-70-68-64(74-66)46-37-41-56(42-38-46)72(53-27-9-3-10-28-53)54-29-11-4-12-30-54/h1-44H. The van der Waals surface area contributed by atoms with Crippen LogP contribution in [0.3, 0.4) is 0 Å². The molecule has 74 heavy (non-hydrogen) atoms. The summed E-state index contributed by atoms with van der Waals surface area (Å²) in [6.07, 6.45) is 0. The fraction of sp³-hybridized carbons (Fsp3) is 0. The molecule has 350 valence electrons. The molecular weight excluding hydrogens is 909 g/mol. The second-order valence-corrected chi connectivity index (χ2v) is 17.9. The Morgan fingerprint density at radius 2 is 0.473 bits per heavy atom. The molecule has 8 heteroatoms. The Labute approximate surface area is 427 Å². The fourth-order valence-corrected chi connectivity index (χ4v) is 9.99. The van der Waals surface area contributed by atoms with Crippen LogP contribution in [0.15, 0.2) is 276 Å². The minimum absolute atomic E-state index is 0.446. The van der Waals surface area contributed by atoms with Gasteiger partial charge < -0.3 is 18.6 Å². The van der Waals surface area contributed by atoms with Gasteiger partial charge in [0.2, 0.25) is 23.6 Å². The lowest BCUT2D eigenvalue weighted by molar-refractivity contribution is 0.584. The van der Waals surface area contributed by atoms with Crippen LogP contribution in [0.25, 0.3) is 89.6 Å². The maximum Gasteiger partial charge on any atom is 0.248 e. The maximum absolute atomic E-state index is 6.43. The van der Waals surface area contributed by atoms with Crippen LogP contribution in [0.4, 0.5) is 34.1 Å². The predicted molar refractivity (Wildman–Crippen MR) is 299 cm³/mol. The summed E-state index contributed by atoms with van der Waals surface area (Å²) in [6.45, 7) is 0. The molecule has 0 saturated heterocycles. The lowest BCUT2D eigenvalue weighted by Gasteiger charge is -2.25. The molecule has 0 N–H and O–H groups in total. The number of aromatic nitrogens is 4. The van der Waals surface area contributed by atoms with Gasteiger partial charge in [-0.15, -0.1) is 20.4 Å². The Hall–Kier alpha value is -10.2. The highest BCUT2D eigenvalue weighted by Crippen LogP contribution is 2.45. The second kappa shape index (κ2) is 19.2. The number of fused-ring (bicyclic) bond motifs is 2.